The van der Waals surface area contributed by atoms with Crippen molar-refractivity contribution in [1.29, 1.82) is 0 Å². The Balaban J connectivity index is 1.97. The normalized spacial score (nSPS) is 10.7. The molecule has 1 N–H and O–H groups in total. The first-order valence-electron chi connectivity index (χ1n) is 8.48. The molecule has 1 amide bonds. The quantitative estimate of drug-likeness (QED) is 0.697. The summed E-state index contributed by atoms with van der Waals surface area (Å²) in [7, 11) is 2.99. The van der Waals surface area contributed by atoms with Crippen molar-refractivity contribution in [3.05, 3.63) is 63.5 Å². The highest BCUT2D eigenvalue weighted by Gasteiger charge is 2.19. The second kappa shape index (κ2) is 7.53. The maximum absolute atomic E-state index is 12.5. The van der Waals surface area contributed by atoms with Crippen molar-refractivity contribution in [3.63, 3.8) is 0 Å². The van der Waals surface area contributed by atoms with Crippen LogP contribution in [0, 0.1) is 13.8 Å². The van der Waals surface area contributed by atoms with Crippen LogP contribution in [0.1, 0.15) is 16.7 Å². The maximum Gasteiger partial charge on any atom is 0.340 e. The van der Waals surface area contributed by atoms with Crippen LogP contribution in [0.5, 0.6) is 11.5 Å². The van der Waals surface area contributed by atoms with Gasteiger partial charge >= 0.3 is 5.63 Å². The lowest BCUT2D eigenvalue weighted by molar-refractivity contribution is -0.115. The molecule has 0 saturated heterocycles. The van der Waals surface area contributed by atoms with E-state index < -0.39 is 5.63 Å². The van der Waals surface area contributed by atoms with Gasteiger partial charge in [0.15, 0.2) is 11.3 Å². The molecule has 0 radical (unpaired) electrons. The zero-order valence-corrected chi connectivity index (χ0v) is 15.7. The van der Waals surface area contributed by atoms with Gasteiger partial charge in [-0.25, -0.2) is 4.79 Å². The molecule has 0 aliphatic carbocycles. The highest BCUT2D eigenvalue weighted by Crippen LogP contribution is 2.36. The van der Waals surface area contributed by atoms with Crippen LogP contribution < -0.4 is 20.4 Å². The molecule has 140 valence electrons. The fourth-order valence-electron chi connectivity index (χ4n) is 3.06. The Morgan fingerprint density at radius 1 is 1.11 bits per heavy atom. The van der Waals surface area contributed by atoms with Gasteiger partial charge in [0.05, 0.1) is 26.2 Å². The molecule has 0 bridgehead atoms. The predicted molar refractivity (Wildman–Crippen MR) is 104 cm³/mol. The van der Waals surface area contributed by atoms with Crippen molar-refractivity contribution in [1.82, 2.24) is 0 Å². The van der Waals surface area contributed by atoms with E-state index in [1.807, 2.05) is 25.1 Å². The Labute approximate surface area is 156 Å². The number of ether oxygens (including phenoxy) is 2. The molecule has 6 heteroatoms. The van der Waals surface area contributed by atoms with Crippen LogP contribution in [0.4, 0.5) is 5.69 Å². The highest BCUT2D eigenvalue weighted by atomic mass is 16.5. The van der Waals surface area contributed by atoms with Crippen LogP contribution in [0.15, 0.2) is 45.6 Å². The third-order valence-electron chi connectivity index (χ3n) is 4.44. The third kappa shape index (κ3) is 3.65. The molecular formula is C21H21NO5. The van der Waals surface area contributed by atoms with Gasteiger partial charge in [0, 0.05) is 11.1 Å². The summed E-state index contributed by atoms with van der Waals surface area (Å²) in [6.07, 6.45) is -0.0770. The molecule has 3 rings (SSSR count). The number of carbonyl (C=O) groups excluding carboxylic acids is 1. The molecule has 0 fully saturated rings. The largest absolute Gasteiger partial charge is 0.493 e. The molecule has 0 atom stereocenters. The Hall–Kier alpha value is -3.28. The standard InChI is InChI=1S/C21H21NO5/c1-12-6-5-7-14(10-12)22-18(23)11-16-13(2)15-8-9-17(25-3)20(26-4)19(15)27-21(16)24/h5-10H,11H2,1-4H3,(H,22,23). The summed E-state index contributed by atoms with van der Waals surface area (Å²) in [6, 6.07) is 11.0. The summed E-state index contributed by atoms with van der Waals surface area (Å²) in [5, 5.41) is 3.51. The minimum Gasteiger partial charge on any atom is -0.493 e. The van der Waals surface area contributed by atoms with Gasteiger partial charge in [0.2, 0.25) is 11.7 Å². The molecule has 0 aliphatic rings. The van der Waals surface area contributed by atoms with Crippen LogP contribution >= 0.6 is 0 Å². The SMILES string of the molecule is COc1ccc2c(C)c(CC(=O)Nc3cccc(C)c3)c(=O)oc2c1OC. The molecule has 0 spiro atoms. The molecule has 1 heterocycles. The number of rotatable bonds is 5. The lowest BCUT2D eigenvalue weighted by Crippen LogP contribution is -2.20. The highest BCUT2D eigenvalue weighted by molar-refractivity contribution is 5.94. The van der Waals surface area contributed by atoms with E-state index in [1.165, 1.54) is 14.2 Å². The number of benzene rings is 2. The molecule has 2 aromatic carbocycles. The van der Waals surface area contributed by atoms with Crippen molar-refractivity contribution in [3.8, 4) is 11.5 Å². The second-order valence-electron chi connectivity index (χ2n) is 6.27. The van der Waals surface area contributed by atoms with Gasteiger partial charge in [0.25, 0.3) is 0 Å². The molecule has 27 heavy (non-hydrogen) atoms. The predicted octanol–water partition coefficient (Wildman–Crippen LogP) is 3.61. The lowest BCUT2D eigenvalue weighted by atomic mass is 10.0. The Morgan fingerprint density at radius 2 is 1.89 bits per heavy atom. The summed E-state index contributed by atoms with van der Waals surface area (Å²) in [4.78, 5) is 24.9. The number of carbonyl (C=O) groups is 1. The summed E-state index contributed by atoms with van der Waals surface area (Å²) < 4.78 is 16.0. The zero-order valence-electron chi connectivity index (χ0n) is 15.7. The van der Waals surface area contributed by atoms with Crippen LogP contribution in [0.3, 0.4) is 0 Å². The van der Waals surface area contributed by atoms with Gasteiger partial charge < -0.3 is 19.2 Å². The molecule has 0 aliphatic heterocycles. The van der Waals surface area contributed by atoms with Gasteiger partial charge in [-0.2, -0.15) is 0 Å². The van der Waals surface area contributed by atoms with Crippen LogP contribution in [0.25, 0.3) is 11.0 Å². The molecule has 0 saturated carbocycles. The Bertz CT molecular complexity index is 1070. The van der Waals surface area contributed by atoms with Crippen LogP contribution in [0.2, 0.25) is 0 Å². The number of hydrogen-bond donors (Lipinski definition) is 1. The minimum absolute atomic E-state index is 0.0770. The molecular weight excluding hydrogens is 346 g/mol. The first-order chi connectivity index (χ1) is 12.9. The van der Waals surface area contributed by atoms with E-state index in [0.29, 0.717) is 39.3 Å². The maximum atomic E-state index is 12.5. The molecule has 1 aromatic heterocycles. The fourth-order valence-corrected chi connectivity index (χ4v) is 3.06. The van der Waals surface area contributed by atoms with E-state index in [1.54, 1.807) is 25.1 Å². The summed E-state index contributed by atoms with van der Waals surface area (Å²) in [5.41, 5.74) is 2.47. The van der Waals surface area contributed by atoms with Crippen LogP contribution in [-0.2, 0) is 11.2 Å². The monoisotopic (exact) mass is 367 g/mol. The third-order valence-corrected chi connectivity index (χ3v) is 4.44. The van der Waals surface area contributed by atoms with Crippen molar-refractivity contribution < 1.29 is 18.7 Å². The fraction of sp³-hybridized carbons (Fsp3) is 0.238. The first-order valence-corrected chi connectivity index (χ1v) is 8.48. The smallest absolute Gasteiger partial charge is 0.340 e. The molecule has 6 nitrogen and oxygen atoms in total. The second-order valence-corrected chi connectivity index (χ2v) is 6.27. The minimum atomic E-state index is -0.564. The number of anilines is 1. The van der Waals surface area contributed by atoms with Crippen molar-refractivity contribution >= 4 is 22.6 Å². The van der Waals surface area contributed by atoms with E-state index >= 15 is 0 Å². The molecule has 0 unspecified atom stereocenters. The van der Waals surface area contributed by atoms with E-state index in [2.05, 4.69) is 5.32 Å². The number of aryl methyl sites for hydroxylation is 2. The number of nitrogens with one attached hydrogen (secondary N) is 1. The van der Waals surface area contributed by atoms with E-state index in [-0.39, 0.29) is 12.3 Å². The first kappa shape index (κ1) is 18.5. The molecule has 3 aromatic rings. The van der Waals surface area contributed by atoms with Gasteiger partial charge in [-0.1, -0.05) is 12.1 Å². The van der Waals surface area contributed by atoms with Gasteiger partial charge in [0.1, 0.15) is 0 Å². The van der Waals surface area contributed by atoms with E-state index in [4.69, 9.17) is 13.9 Å². The topological polar surface area (TPSA) is 77.8 Å². The summed E-state index contributed by atoms with van der Waals surface area (Å²) in [5.74, 6) is 0.541. The number of methoxy groups -OCH3 is 2. The average molecular weight is 367 g/mol. The number of fused-ring (bicyclic) bond motifs is 1. The summed E-state index contributed by atoms with van der Waals surface area (Å²) >= 11 is 0. The summed E-state index contributed by atoms with van der Waals surface area (Å²) in [6.45, 7) is 3.74. The Kier molecular flexibility index (Phi) is 5.16. The van der Waals surface area contributed by atoms with Gasteiger partial charge in [-0.3, -0.25) is 4.79 Å². The van der Waals surface area contributed by atoms with Crippen molar-refractivity contribution in [2.45, 2.75) is 20.3 Å². The Morgan fingerprint density at radius 3 is 2.56 bits per heavy atom. The van der Waals surface area contributed by atoms with Crippen LogP contribution in [-0.4, -0.2) is 20.1 Å². The zero-order chi connectivity index (χ0) is 19.6. The number of hydrogen-bond acceptors (Lipinski definition) is 5. The van der Waals surface area contributed by atoms with E-state index in [9.17, 15) is 9.59 Å². The van der Waals surface area contributed by atoms with Crippen molar-refractivity contribution in [2.24, 2.45) is 0 Å². The average Bonchev–Trinajstić information content (AvgIpc) is 2.64. The van der Waals surface area contributed by atoms with Gasteiger partial charge in [-0.05, 0) is 49.2 Å². The van der Waals surface area contributed by atoms with E-state index in [0.717, 1.165) is 5.56 Å². The van der Waals surface area contributed by atoms with Gasteiger partial charge in [-0.15, -0.1) is 0 Å². The number of amides is 1. The lowest BCUT2D eigenvalue weighted by Gasteiger charge is -2.13. The van der Waals surface area contributed by atoms with Crippen molar-refractivity contribution in [2.75, 3.05) is 19.5 Å².